The van der Waals surface area contributed by atoms with Gasteiger partial charge in [-0.25, -0.2) is 4.98 Å². The third kappa shape index (κ3) is 3.69. The quantitative estimate of drug-likeness (QED) is 0.512. The Kier molecular flexibility index (Phi) is 4.61. The van der Waals surface area contributed by atoms with Crippen molar-refractivity contribution in [2.45, 2.75) is 13.1 Å². The highest BCUT2D eigenvalue weighted by atomic mass is 16.5. The number of rotatable bonds is 6. The molecule has 0 fully saturated rings. The molecule has 0 spiro atoms. The monoisotopic (exact) mass is 362 g/mol. The molecule has 0 saturated carbocycles. The number of fused-ring (bicyclic) bond motifs is 1. The normalized spacial score (nSPS) is 10.9. The van der Waals surface area contributed by atoms with E-state index in [0.29, 0.717) is 30.3 Å². The molecule has 0 N–H and O–H groups in total. The third-order valence-corrected chi connectivity index (χ3v) is 4.26. The van der Waals surface area contributed by atoms with Crippen molar-refractivity contribution in [2.24, 2.45) is 0 Å². The number of carbonyl (C=O) groups excluding carboxylic acids is 1. The number of hydrogen-bond acceptors (Lipinski definition) is 5. The number of ether oxygens (including phenoxy) is 1. The minimum absolute atomic E-state index is 0.194. The number of methoxy groups -OCH3 is 1. The van der Waals surface area contributed by atoms with Crippen LogP contribution in [0.15, 0.2) is 76.0 Å². The van der Waals surface area contributed by atoms with E-state index in [2.05, 4.69) is 4.98 Å². The number of pyridine rings is 1. The first-order valence-corrected chi connectivity index (χ1v) is 8.52. The van der Waals surface area contributed by atoms with Crippen molar-refractivity contribution in [3.63, 3.8) is 0 Å². The van der Waals surface area contributed by atoms with Gasteiger partial charge in [-0.2, -0.15) is 0 Å². The van der Waals surface area contributed by atoms with Crippen LogP contribution in [-0.4, -0.2) is 22.9 Å². The maximum atomic E-state index is 13.1. The highest BCUT2D eigenvalue weighted by molar-refractivity contribution is 5.95. The van der Waals surface area contributed by atoms with E-state index in [1.807, 2.05) is 36.4 Å². The zero-order valence-corrected chi connectivity index (χ0v) is 14.8. The summed E-state index contributed by atoms with van der Waals surface area (Å²) in [7, 11) is 1.62. The average molecular weight is 362 g/mol. The molecule has 0 aliphatic carbocycles. The molecule has 1 aromatic carbocycles. The summed E-state index contributed by atoms with van der Waals surface area (Å²) in [6.07, 6.45) is 3.18. The Hall–Kier alpha value is -3.54. The van der Waals surface area contributed by atoms with Crippen LogP contribution >= 0.6 is 0 Å². The number of aromatic nitrogens is 1. The van der Waals surface area contributed by atoms with Crippen LogP contribution in [-0.2, 0) is 13.1 Å². The smallest absolute Gasteiger partial charge is 0.273 e. The van der Waals surface area contributed by atoms with E-state index in [9.17, 15) is 4.79 Å². The molecule has 27 heavy (non-hydrogen) atoms. The fourth-order valence-corrected chi connectivity index (χ4v) is 2.89. The van der Waals surface area contributed by atoms with Crippen molar-refractivity contribution in [3.8, 4) is 5.75 Å². The van der Waals surface area contributed by atoms with Gasteiger partial charge in [0.25, 0.3) is 5.91 Å². The Bertz CT molecular complexity index is 1000. The fraction of sp³-hybridized carbons (Fsp3) is 0.143. The highest BCUT2D eigenvalue weighted by Gasteiger charge is 2.20. The Morgan fingerprint density at radius 2 is 1.70 bits per heavy atom. The molecule has 3 heterocycles. The van der Waals surface area contributed by atoms with E-state index < -0.39 is 0 Å². The van der Waals surface area contributed by atoms with Crippen LogP contribution in [0.2, 0.25) is 0 Å². The Morgan fingerprint density at radius 1 is 1.00 bits per heavy atom. The maximum Gasteiger partial charge on any atom is 0.273 e. The van der Waals surface area contributed by atoms with Crippen molar-refractivity contribution < 1.29 is 18.4 Å². The van der Waals surface area contributed by atoms with E-state index in [1.54, 1.807) is 42.7 Å². The second-order valence-corrected chi connectivity index (χ2v) is 6.08. The molecular weight excluding hydrogens is 344 g/mol. The second kappa shape index (κ2) is 7.37. The molecule has 6 heteroatoms. The van der Waals surface area contributed by atoms with Gasteiger partial charge < -0.3 is 18.5 Å². The van der Waals surface area contributed by atoms with Crippen molar-refractivity contribution >= 4 is 16.8 Å². The zero-order valence-electron chi connectivity index (χ0n) is 14.8. The number of benzene rings is 1. The maximum absolute atomic E-state index is 13.1. The number of carbonyl (C=O) groups is 1. The minimum Gasteiger partial charge on any atom is -0.497 e. The lowest BCUT2D eigenvalue weighted by Crippen LogP contribution is -2.30. The van der Waals surface area contributed by atoms with Crippen LogP contribution in [0.1, 0.15) is 22.0 Å². The van der Waals surface area contributed by atoms with Gasteiger partial charge in [0.2, 0.25) is 0 Å². The van der Waals surface area contributed by atoms with Crippen molar-refractivity contribution in [1.29, 1.82) is 0 Å². The lowest BCUT2D eigenvalue weighted by molar-refractivity contribution is 0.0699. The van der Waals surface area contributed by atoms with Gasteiger partial charge in [-0.05, 0) is 48.5 Å². The average Bonchev–Trinajstić information content (AvgIpc) is 3.40. The lowest BCUT2D eigenvalue weighted by atomic mass is 10.2. The summed E-state index contributed by atoms with van der Waals surface area (Å²) in [5.74, 6) is 1.95. The van der Waals surface area contributed by atoms with E-state index in [1.165, 1.54) is 0 Å². The fourth-order valence-electron chi connectivity index (χ4n) is 2.89. The number of furan rings is 2. The standard InChI is InChI=1S/C21H18N2O4/c1-25-16-7-9-19-15(12-16)6-8-20(22-19)21(24)23(13-17-4-2-10-26-17)14-18-5-3-11-27-18/h2-12H,13-14H2,1H3. The summed E-state index contributed by atoms with van der Waals surface area (Å²) >= 11 is 0. The van der Waals surface area contributed by atoms with Gasteiger partial charge in [0.15, 0.2) is 0 Å². The summed E-state index contributed by atoms with van der Waals surface area (Å²) < 4.78 is 16.0. The van der Waals surface area contributed by atoms with Crippen LogP contribution in [0, 0.1) is 0 Å². The van der Waals surface area contributed by atoms with Gasteiger partial charge in [0.05, 0.1) is 38.2 Å². The van der Waals surface area contributed by atoms with E-state index in [-0.39, 0.29) is 5.91 Å². The molecule has 4 aromatic rings. The predicted molar refractivity (Wildman–Crippen MR) is 99.3 cm³/mol. The lowest BCUT2D eigenvalue weighted by Gasteiger charge is -2.20. The van der Waals surface area contributed by atoms with Crippen LogP contribution in [0.3, 0.4) is 0 Å². The van der Waals surface area contributed by atoms with E-state index >= 15 is 0 Å². The molecule has 0 unspecified atom stereocenters. The van der Waals surface area contributed by atoms with Gasteiger partial charge in [-0.15, -0.1) is 0 Å². The number of amides is 1. The van der Waals surface area contributed by atoms with Gasteiger partial charge in [-0.3, -0.25) is 4.79 Å². The zero-order chi connectivity index (χ0) is 18.6. The molecule has 3 aromatic heterocycles. The Balaban J connectivity index is 1.64. The summed E-state index contributed by atoms with van der Waals surface area (Å²) in [5, 5.41) is 0.912. The van der Waals surface area contributed by atoms with Gasteiger partial charge in [-0.1, -0.05) is 6.07 Å². The molecule has 0 atom stereocenters. The molecule has 0 aliphatic rings. The summed E-state index contributed by atoms with van der Waals surface area (Å²) in [4.78, 5) is 19.3. The summed E-state index contributed by atoms with van der Waals surface area (Å²) in [5.41, 5.74) is 1.10. The van der Waals surface area contributed by atoms with Gasteiger partial charge in [0.1, 0.15) is 23.0 Å². The first kappa shape index (κ1) is 16.9. The van der Waals surface area contributed by atoms with Crippen molar-refractivity contribution in [3.05, 3.63) is 84.3 Å². The highest BCUT2D eigenvalue weighted by Crippen LogP contribution is 2.21. The van der Waals surface area contributed by atoms with Crippen LogP contribution in [0.4, 0.5) is 0 Å². The minimum atomic E-state index is -0.194. The van der Waals surface area contributed by atoms with Crippen molar-refractivity contribution in [1.82, 2.24) is 9.88 Å². The van der Waals surface area contributed by atoms with Crippen LogP contribution in [0.25, 0.3) is 10.9 Å². The first-order valence-electron chi connectivity index (χ1n) is 8.52. The SMILES string of the molecule is COc1ccc2nc(C(=O)N(Cc3ccco3)Cc3ccco3)ccc2c1. The predicted octanol–water partition coefficient (Wildman–Crippen LogP) is 4.27. The van der Waals surface area contributed by atoms with Crippen LogP contribution < -0.4 is 4.74 Å². The molecule has 0 saturated heterocycles. The van der Waals surface area contributed by atoms with Gasteiger partial charge >= 0.3 is 0 Å². The largest absolute Gasteiger partial charge is 0.497 e. The summed E-state index contributed by atoms with van der Waals surface area (Å²) in [6, 6.07) is 16.4. The molecular formula is C21H18N2O4. The molecule has 0 radical (unpaired) electrons. The third-order valence-electron chi connectivity index (χ3n) is 4.26. The molecule has 4 rings (SSSR count). The molecule has 0 bridgehead atoms. The topological polar surface area (TPSA) is 68.7 Å². The van der Waals surface area contributed by atoms with E-state index in [4.69, 9.17) is 13.6 Å². The molecule has 136 valence electrons. The van der Waals surface area contributed by atoms with Gasteiger partial charge in [0, 0.05) is 5.39 Å². The first-order chi connectivity index (χ1) is 13.2. The number of hydrogen-bond donors (Lipinski definition) is 0. The van der Waals surface area contributed by atoms with E-state index in [0.717, 1.165) is 16.7 Å². The molecule has 1 amide bonds. The molecule has 6 nitrogen and oxygen atoms in total. The second-order valence-electron chi connectivity index (χ2n) is 6.08. The van der Waals surface area contributed by atoms with Crippen LogP contribution in [0.5, 0.6) is 5.75 Å². The number of nitrogens with zero attached hydrogens (tertiary/aromatic N) is 2. The van der Waals surface area contributed by atoms with Crippen molar-refractivity contribution in [2.75, 3.05) is 7.11 Å². The Labute approximate surface area is 156 Å². The summed E-state index contributed by atoms with van der Waals surface area (Å²) in [6.45, 7) is 0.656. The molecule has 0 aliphatic heterocycles. The Morgan fingerprint density at radius 3 is 2.30 bits per heavy atom.